The van der Waals surface area contributed by atoms with Crippen LogP contribution in [0.25, 0.3) is 21.9 Å². The van der Waals surface area contributed by atoms with Gasteiger partial charge in [0.25, 0.3) is 0 Å². The fourth-order valence-corrected chi connectivity index (χ4v) is 4.68. The summed E-state index contributed by atoms with van der Waals surface area (Å²) in [7, 11) is 0. The van der Waals surface area contributed by atoms with Crippen LogP contribution < -0.4 is 5.32 Å². The predicted octanol–water partition coefficient (Wildman–Crippen LogP) is 7.25. The molecule has 4 aromatic carbocycles. The van der Waals surface area contributed by atoms with E-state index in [0.29, 0.717) is 5.56 Å². The Bertz CT molecular complexity index is 1270. The number of rotatable bonds is 7. The number of alkyl halides is 1. The van der Waals surface area contributed by atoms with Gasteiger partial charge in [-0.05, 0) is 70.6 Å². The van der Waals surface area contributed by atoms with E-state index in [1.807, 2.05) is 42.5 Å². The van der Waals surface area contributed by atoms with Crippen LogP contribution in [0.15, 0.2) is 84.9 Å². The number of fused-ring (bicyclic) bond motifs is 1. The Morgan fingerprint density at radius 1 is 0.970 bits per heavy atom. The lowest BCUT2D eigenvalue weighted by Crippen LogP contribution is -2.42. The van der Waals surface area contributed by atoms with E-state index in [1.165, 1.54) is 27.5 Å². The van der Waals surface area contributed by atoms with Gasteiger partial charge in [0.1, 0.15) is 0 Å². The van der Waals surface area contributed by atoms with Crippen molar-refractivity contribution in [3.8, 4) is 11.1 Å². The lowest BCUT2D eigenvalue weighted by molar-refractivity contribution is -0.135. The fourth-order valence-electron chi connectivity index (χ4n) is 4.48. The molecule has 0 saturated carbocycles. The summed E-state index contributed by atoms with van der Waals surface area (Å²) in [4.78, 5) is 0. The van der Waals surface area contributed by atoms with Gasteiger partial charge in [0, 0.05) is 11.1 Å². The number of benzene rings is 4. The Morgan fingerprint density at radius 2 is 1.76 bits per heavy atom. The second kappa shape index (κ2) is 9.26. The van der Waals surface area contributed by atoms with Gasteiger partial charge in [0.2, 0.25) is 0 Å². The van der Waals surface area contributed by atoms with Gasteiger partial charge in [-0.2, -0.15) is 0 Å². The maximum absolute atomic E-state index is 14.7. The lowest BCUT2D eigenvalue weighted by atomic mass is 9.90. The minimum Gasteiger partial charge on any atom is -0.374 e. The number of hydrogen-bond donors (Lipinski definition) is 1. The Balaban J connectivity index is 1.37. The van der Waals surface area contributed by atoms with E-state index in [4.69, 9.17) is 16.3 Å². The normalized spacial score (nSPS) is 15.8. The first kappa shape index (κ1) is 22.1. The Kier molecular flexibility index (Phi) is 6.20. The van der Waals surface area contributed by atoms with Crippen LogP contribution in [0, 0.1) is 0 Å². The Labute approximate surface area is 199 Å². The zero-order valence-corrected chi connectivity index (χ0v) is 19.4. The highest BCUT2D eigenvalue weighted by Gasteiger charge is 2.40. The quantitative estimate of drug-likeness (QED) is 0.314. The van der Waals surface area contributed by atoms with Crippen LogP contribution in [0.1, 0.15) is 29.7 Å². The SMILES string of the molecule is CC(NCCc1cc(-c2ccc(C3(F)COC3)cc2)c2ccccc2c1)c1cccc(Cl)c1. The zero-order chi connectivity index (χ0) is 22.8. The van der Waals surface area contributed by atoms with E-state index in [-0.39, 0.29) is 19.3 Å². The van der Waals surface area contributed by atoms with E-state index >= 15 is 0 Å². The van der Waals surface area contributed by atoms with Gasteiger partial charge >= 0.3 is 0 Å². The van der Waals surface area contributed by atoms with Crippen molar-refractivity contribution in [2.45, 2.75) is 25.1 Å². The van der Waals surface area contributed by atoms with Crippen LogP contribution >= 0.6 is 11.6 Å². The van der Waals surface area contributed by atoms with Crippen molar-refractivity contribution >= 4 is 22.4 Å². The summed E-state index contributed by atoms with van der Waals surface area (Å²) < 4.78 is 19.8. The van der Waals surface area contributed by atoms with E-state index in [2.05, 4.69) is 54.7 Å². The molecule has 4 heteroatoms. The van der Waals surface area contributed by atoms with Gasteiger partial charge in [-0.15, -0.1) is 0 Å². The molecule has 5 rings (SSSR count). The van der Waals surface area contributed by atoms with Gasteiger partial charge in [-0.25, -0.2) is 4.39 Å². The summed E-state index contributed by atoms with van der Waals surface area (Å²) in [5, 5.41) is 6.78. The molecule has 4 aromatic rings. The molecular formula is C29H27ClFNO. The van der Waals surface area contributed by atoms with E-state index in [0.717, 1.165) is 23.6 Å². The molecule has 0 spiro atoms. The average molecular weight is 460 g/mol. The molecule has 2 nitrogen and oxygen atoms in total. The molecule has 1 atom stereocenters. The highest BCUT2D eigenvalue weighted by molar-refractivity contribution is 6.30. The zero-order valence-electron chi connectivity index (χ0n) is 18.7. The number of ether oxygens (including phenoxy) is 1. The van der Waals surface area contributed by atoms with Crippen molar-refractivity contribution < 1.29 is 9.13 Å². The van der Waals surface area contributed by atoms with Crippen LogP contribution in [-0.4, -0.2) is 19.8 Å². The monoisotopic (exact) mass is 459 g/mol. The molecule has 1 saturated heterocycles. The number of hydrogen-bond acceptors (Lipinski definition) is 2. The van der Waals surface area contributed by atoms with Crippen LogP contribution in [0.3, 0.4) is 0 Å². The molecule has 0 radical (unpaired) electrons. The van der Waals surface area contributed by atoms with E-state index in [9.17, 15) is 4.39 Å². The first-order valence-electron chi connectivity index (χ1n) is 11.4. The second-order valence-corrected chi connectivity index (χ2v) is 9.32. The first-order valence-corrected chi connectivity index (χ1v) is 11.8. The van der Waals surface area contributed by atoms with Crippen molar-refractivity contribution in [3.63, 3.8) is 0 Å². The largest absolute Gasteiger partial charge is 0.374 e. The van der Waals surface area contributed by atoms with Crippen LogP contribution in [0.5, 0.6) is 0 Å². The Morgan fingerprint density at radius 3 is 2.48 bits per heavy atom. The van der Waals surface area contributed by atoms with Crippen LogP contribution in [-0.2, 0) is 16.8 Å². The van der Waals surface area contributed by atoms with Crippen molar-refractivity contribution in [1.82, 2.24) is 5.32 Å². The molecule has 168 valence electrons. The maximum atomic E-state index is 14.7. The third-order valence-electron chi connectivity index (χ3n) is 6.51. The third kappa shape index (κ3) is 4.67. The molecule has 0 aromatic heterocycles. The second-order valence-electron chi connectivity index (χ2n) is 8.88. The van der Waals surface area contributed by atoms with Gasteiger partial charge in [0.05, 0.1) is 13.2 Å². The van der Waals surface area contributed by atoms with Gasteiger partial charge < -0.3 is 10.1 Å². The van der Waals surface area contributed by atoms with E-state index < -0.39 is 5.67 Å². The molecule has 33 heavy (non-hydrogen) atoms. The molecule has 1 unspecified atom stereocenters. The summed E-state index contributed by atoms with van der Waals surface area (Å²) in [6.07, 6.45) is 0.908. The molecule has 1 aliphatic heterocycles. The summed E-state index contributed by atoms with van der Waals surface area (Å²) in [6.45, 7) is 3.30. The minimum absolute atomic E-state index is 0.144. The first-order chi connectivity index (χ1) is 16.0. The summed E-state index contributed by atoms with van der Waals surface area (Å²) in [5.41, 5.74) is 4.08. The summed E-state index contributed by atoms with van der Waals surface area (Å²) in [6, 6.07) is 29.0. The van der Waals surface area contributed by atoms with Crippen molar-refractivity contribution in [2.24, 2.45) is 0 Å². The molecule has 1 N–H and O–H groups in total. The molecular weight excluding hydrogens is 433 g/mol. The van der Waals surface area contributed by atoms with Gasteiger partial charge in [-0.1, -0.05) is 84.4 Å². The molecule has 0 aliphatic carbocycles. The number of nitrogens with one attached hydrogen (secondary N) is 1. The maximum Gasteiger partial charge on any atom is 0.182 e. The topological polar surface area (TPSA) is 21.3 Å². The van der Waals surface area contributed by atoms with E-state index in [1.54, 1.807) is 0 Å². The summed E-state index contributed by atoms with van der Waals surface area (Å²) in [5.74, 6) is 0. The Hall–Kier alpha value is -2.72. The van der Waals surface area contributed by atoms with Crippen molar-refractivity contribution in [3.05, 3.63) is 107 Å². The average Bonchev–Trinajstić information content (AvgIpc) is 2.82. The highest BCUT2D eigenvalue weighted by Crippen LogP contribution is 2.36. The molecule has 0 amide bonds. The molecule has 1 aliphatic rings. The lowest BCUT2D eigenvalue weighted by Gasteiger charge is -2.34. The van der Waals surface area contributed by atoms with Crippen LogP contribution in [0.4, 0.5) is 4.39 Å². The third-order valence-corrected chi connectivity index (χ3v) is 6.74. The molecule has 1 fully saturated rings. The standard InChI is InChI=1S/C29H27ClFNO/c1-20(23-6-4-7-26(30)17-23)32-14-13-21-15-24-5-2-3-8-27(24)28(16-21)22-9-11-25(12-10-22)29(31)18-33-19-29/h2-12,15-17,20,32H,13-14,18-19H2,1H3. The van der Waals surface area contributed by atoms with Crippen molar-refractivity contribution in [1.29, 1.82) is 0 Å². The fraction of sp³-hybridized carbons (Fsp3) is 0.241. The molecule has 1 heterocycles. The van der Waals surface area contributed by atoms with Crippen molar-refractivity contribution in [2.75, 3.05) is 19.8 Å². The highest BCUT2D eigenvalue weighted by atomic mass is 35.5. The smallest absolute Gasteiger partial charge is 0.182 e. The van der Waals surface area contributed by atoms with Gasteiger partial charge in [-0.3, -0.25) is 0 Å². The predicted molar refractivity (Wildman–Crippen MR) is 135 cm³/mol. The van der Waals surface area contributed by atoms with Crippen LogP contribution in [0.2, 0.25) is 5.02 Å². The minimum atomic E-state index is -1.34. The van der Waals surface area contributed by atoms with Gasteiger partial charge in [0.15, 0.2) is 5.67 Å². The summed E-state index contributed by atoms with van der Waals surface area (Å²) >= 11 is 6.14. The molecule has 0 bridgehead atoms. The number of halogens is 2.